The molecule has 0 saturated carbocycles. The Bertz CT molecular complexity index is 543. The topological polar surface area (TPSA) is 30.9 Å². The molecule has 5 heteroatoms. The van der Waals surface area contributed by atoms with Crippen LogP contribution in [0.2, 0.25) is 18.1 Å². The summed E-state index contributed by atoms with van der Waals surface area (Å²) < 4.78 is 12.3. The van der Waals surface area contributed by atoms with Gasteiger partial charge in [0.1, 0.15) is 12.8 Å². The second-order valence-corrected chi connectivity index (χ2v) is 13.3. The van der Waals surface area contributed by atoms with Gasteiger partial charge in [-0.15, -0.1) is 0 Å². The Labute approximate surface area is 147 Å². The quantitative estimate of drug-likeness (QED) is 0.749. The molecule has 3 rings (SSSR count). The van der Waals surface area contributed by atoms with Gasteiger partial charge >= 0.3 is 0 Å². The van der Waals surface area contributed by atoms with Crippen LogP contribution in [0.25, 0.3) is 0 Å². The number of hydrogen-bond donors (Lipinski definition) is 0. The summed E-state index contributed by atoms with van der Waals surface area (Å²) >= 11 is 0. The van der Waals surface area contributed by atoms with Gasteiger partial charge in [-0.3, -0.25) is 4.84 Å². The number of hydroxylamine groups is 2. The van der Waals surface area contributed by atoms with Crippen molar-refractivity contribution in [3.05, 3.63) is 35.9 Å². The minimum Gasteiger partial charge on any atom is -0.414 e. The van der Waals surface area contributed by atoms with Crippen LogP contribution in [0.3, 0.4) is 0 Å². The van der Waals surface area contributed by atoms with Crippen molar-refractivity contribution in [3.8, 4) is 0 Å². The van der Waals surface area contributed by atoms with Crippen molar-refractivity contribution in [1.82, 2.24) is 5.06 Å². The van der Waals surface area contributed by atoms with Gasteiger partial charge in [-0.25, -0.2) is 0 Å². The monoisotopic (exact) mass is 349 g/mol. The smallest absolute Gasteiger partial charge is 0.192 e. The molecule has 0 amide bonds. The number of hydrogen-bond acceptors (Lipinski definition) is 4. The number of rotatable bonds is 4. The highest BCUT2D eigenvalue weighted by atomic mass is 28.4. The van der Waals surface area contributed by atoms with Gasteiger partial charge in [-0.2, -0.15) is 5.06 Å². The van der Waals surface area contributed by atoms with E-state index in [0.717, 1.165) is 12.8 Å². The molecule has 1 aromatic carbocycles. The summed E-state index contributed by atoms with van der Waals surface area (Å²) in [6, 6.07) is 10.9. The normalized spacial score (nSPS) is 28.8. The maximum atomic E-state index is 6.35. The van der Waals surface area contributed by atoms with Crippen molar-refractivity contribution >= 4 is 8.32 Å². The fraction of sp³-hybridized carbons (Fsp3) is 0.684. The fourth-order valence-corrected chi connectivity index (χ4v) is 4.09. The van der Waals surface area contributed by atoms with E-state index < -0.39 is 8.32 Å². The van der Waals surface area contributed by atoms with Crippen molar-refractivity contribution in [2.45, 2.75) is 70.0 Å². The van der Waals surface area contributed by atoms with Crippen molar-refractivity contribution in [2.24, 2.45) is 0 Å². The van der Waals surface area contributed by atoms with Gasteiger partial charge in [-0.1, -0.05) is 51.1 Å². The molecule has 2 fully saturated rings. The maximum Gasteiger partial charge on any atom is 0.192 e. The molecule has 2 saturated heterocycles. The van der Waals surface area contributed by atoms with Crippen LogP contribution in [-0.4, -0.2) is 38.9 Å². The summed E-state index contributed by atoms with van der Waals surface area (Å²) in [5.41, 5.74) is 1.25. The third-order valence-corrected chi connectivity index (χ3v) is 10.2. The second kappa shape index (κ2) is 6.88. The van der Waals surface area contributed by atoms with Crippen LogP contribution in [0.1, 0.15) is 45.3 Å². The predicted octanol–water partition coefficient (Wildman–Crippen LogP) is 4.50. The van der Waals surface area contributed by atoms with Gasteiger partial charge in [0.2, 0.25) is 0 Å². The van der Waals surface area contributed by atoms with Crippen molar-refractivity contribution < 1.29 is 14.0 Å². The Morgan fingerprint density at radius 3 is 2.54 bits per heavy atom. The molecule has 2 aliphatic heterocycles. The largest absolute Gasteiger partial charge is 0.414 e. The van der Waals surface area contributed by atoms with E-state index in [0.29, 0.717) is 19.4 Å². The molecule has 0 bridgehead atoms. The Hall–Kier alpha value is -0.723. The van der Waals surface area contributed by atoms with Crippen molar-refractivity contribution in [2.75, 3.05) is 13.3 Å². The SMILES string of the molecule is CC(C)(C)[Si](C)(C)OC[C@H]1C[C@@H]2C[C@@H](c3ccccc3)ON2CO1. The summed E-state index contributed by atoms with van der Waals surface area (Å²) in [6.07, 6.45) is 2.35. The summed E-state index contributed by atoms with van der Waals surface area (Å²) in [6.45, 7) is 12.7. The number of nitrogens with zero attached hydrogens (tertiary/aromatic N) is 1. The van der Waals surface area contributed by atoms with E-state index >= 15 is 0 Å². The first kappa shape index (κ1) is 18.1. The van der Waals surface area contributed by atoms with Crippen LogP contribution < -0.4 is 0 Å². The molecule has 2 heterocycles. The average Bonchev–Trinajstić information content (AvgIpc) is 2.96. The first-order chi connectivity index (χ1) is 11.3. The van der Waals surface area contributed by atoms with E-state index in [-0.39, 0.29) is 17.2 Å². The van der Waals surface area contributed by atoms with E-state index in [1.807, 2.05) is 11.1 Å². The summed E-state index contributed by atoms with van der Waals surface area (Å²) in [5.74, 6) is 0. The Kier molecular flexibility index (Phi) is 5.19. The van der Waals surface area contributed by atoms with E-state index in [9.17, 15) is 0 Å². The zero-order valence-corrected chi connectivity index (χ0v) is 16.6. The lowest BCUT2D eigenvalue weighted by molar-refractivity contribution is -0.250. The lowest BCUT2D eigenvalue weighted by atomic mass is 9.99. The van der Waals surface area contributed by atoms with Gasteiger partial charge in [0.15, 0.2) is 8.32 Å². The summed E-state index contributed by atoms with van der Waals surface area (Å²) in [5, 5.41) is 2.25. The summed E-state index contributed by atoms with van der Waals surface area (Å²) in [7, 11) is -1.71. The minimum atomic E-state index is -1.71. The van der Waals surface area contributed by atoms with Gasteiger partial charge in [0.25, 0.3) is 0 Å². The van der Waals surface area contributed by atoms with Gasteiger partial charge in [0.05, 0.1) is 12.7 Å². The van der Waals surface area contributed by atoms with Crippen molar-refractivity contribution in [1.29, 1.82) is 0 Å². The molecule has 2 aliphatic rings. The van der Waals surface area contributed by atoms with E-state index in [2.05, 4.69) is 58.1 Å². The predicted molar refractivity (Wildman–Crippen MR) is 98.0 cm³/mol. The van der Waals surface area contributed by atoms with Crippen LogP contribution >= 0.6 is 0 Å². The molecule has 0 unspecified atom stereocenters. The second-order valence-electron chi connectivity index (χ2n) is 8.54. The van der Waals surface area contributed by atoms with E-state index in [1.54, 1.807) is 0 Å². The lowest BCUT2D eigenvalue weighted by Gasteiger charge is -2.39. The third kappa shape index (κ3) is 3.91. The lowest BCUT2D eigenvalue weighted by Crippen LogP contribution is -2.47. The molecule has 4 nitrogen and oxygen atoms in total. The fourth-order valence-electron chi connectivity index (χ4n) is 3.06. The Morgan fingerprint density at radius 2 is 1.88 bits per heavy atom. The Balaban J connectivity index is 1.54. The first-order valence-electron chi connectivity index (χ1n) is 9.00. The number of ether oxygens (including phenoxy) is 1. The molecule has 0 aliphatic carbocycles. The molecule has 134 valence electrons. The van der Waals surface area contributed by atoms with E-state index in [1.165, 1.54) is 5.56 Å². The Morgan fingerprint density at radius 1 is 1.17 bits per heavy atom. The van der Waals surface area contributed by atoms with Crippen LogP contribution in [-0.2, 0) is 14.0 Å². The number of fused-ring (bicyclic) bond motifs is 1. The standard InChI is InChI=1S/C19H31NO3Si/c1-19(2,3)24(4,5)22-13-17-11-16-12-18(23-20(16)14-21-17)15-9-7-6-8-10-15/h6-10,16-18H,11-14H2,1-5H3/t16-,17-,18+/m1/s1. The molecule has 0 N–H and O–H groups in total. The van der Waals surface area contributed by atoms with E-state index in [4.69, 9.17) is 14.0 Å². The third-order valence-electron chi connectivity index (χ3n) is 5.74. The average molecular weight is 350 g/mol. The molecule has 0 aromatic heterocycles. The van der Waals surface area contributed by atoms with Crippen LogP contribution in [0, 0.1) is 0 Å². The highest BCUT2D eigenvalue weighted by Crippen LogP contribution is 2.39. The molecule has 0 spiro atoms. The van der Waals surface area contributed by atoms with Gasteiger partial charge < -0.3 is 9.16 Å². The molecular weight excluding hydrogens is 318 g/mol. The highest BCUT2D eigenvalue weighted by Gasteiger charge is 2.41. The van der Waals surface area contributed by atoms with Crippen molar-refractivity contribution in [3.63, 3.8) is 0 Å². The van der Waals surface area contributed by atoms with Crippen LogP contribution in [0.15, 0.2) is 30.3 Å². The summed E-state index contributed by atoms with van der Waals surface area (Å²) in [4.78, 5) is 6.08. The molecular formula is C19H31NO3Si. The zero-order valence-electron chi connectivity index (χ0n) is 15.6. The molecule has 3 atom stereocenters. The van der Waals surface area contributed by atoms with Gasteiger partial charge in [0, 0.05) is 6.04 Å². The molecule has 1 aromatic rings. The van der Waals surface area contributed by atoms with Gasteiger partial charge in [-0.05, 0) is 36.5 Å². The van der Waals surface area contributed by atoms with Crippen LogP contribution in [0.4, 0.5) is 0 Å². The van der Waals surface area contributed by atoms with Crippen LogP contribution in [0.5, 0.6) is 0 Å². The highest BCUT2D eigenvalue weighted by molar-refractivity contribution is 6.74. The molecule has 24 heavy (non-hydrogen) atoms. The zero-order chi connectivity index (χ0) is 17.4. The minimum absolute atomic E-state index is 0.153. The molecule has 0 radical (unpaired) electrons. The number of benzene rings is 1. The maximum absolute atomic E-state index is 6.35. The first-order valence-corrected chi connectivity index (χ1v) is 11.9.